The summed E-state index contributed by atoms with van der Waals surface area (Å²) in [4.78, 5) is 0. The van der Waals surface area contributed by atoms with Crippen molar-refractivity contribution >= 4 is 0 Å². The highest BCUT2D eigenvalue weighted by molar-refractivity contribution is 4.82. The molecule has 1 heteroatoms. The zero-order valence-corrected chi connectivity index (χ0v) is 7.06. The Labute approximate surface area is 64.2 Å². The van der Waals surface area contributed by atoms with Crippen LogP contribution in [0.3, 0.4) is 0 Å². The number of nitrogens with one attached hydrogen (secondary N) is 1. The molecular formula is C9H18N. The third kappa shape index (κ3) is 2.70. The number of hydrogen-bond donors (Lipinski definition) is 1. The molecule has 0 atom stereocenters. The maximum Gasteiger partial charge on any atom is -0.00462 e. The Bertz CT molecular complexity index is 82.7. The van der Waals surface area contributed by atoms with Crippen LogP contribution in [0.1, 0.15) is 26.7 Å². The molecule has 1 N–H and O–H groups in total. The average molecular weight is 140 g/mol. The second kappa shape index (κ2) is 3.97. The van der Waals surface area contributed by atoms with Crippen molar-refractivity contribution in [3.05, 3.63) is 6.42 Å². The van der Waals surface area contributed by atoms with Gasteiger partial charge in [-0.05, 0) is 44.2 Å². The van der Waals surface area contributed by atoms with Crippen LogP contribution in [0, 0.1) is 18.3 Å². The highest BCUT2D eigenvalue weighted by Crippen LogP contribution is 2.18. The van der Waals surface area contributed by atoms with Crippen LogP contribution in [0.5, 0.6) is 0 Å². The van der Waals surface area contributed by atoms with Crippen molar-refractivity contribution in [3.8, 4) is 0 Å². The predicted octanol–water partition coefficient (Wildman–Crippen LogP) is 1.85. The van der Waals surface area contributed by atoms with E-state index in [4.69, 9.17) is 0 Å². The highest BCUT2D eigenvalue weighted by atomic mass is 14.9. The lowest BCUT2D eigenvalue weighted by Gasteiger charge is -2.23. The summed E-state index contributed by atoms with van der Waals surface area (Å²) >= 11 is 0. The summed E-state index contributed by atoms with van der Waals surface area (Å²) in [7, 11) is 0. The summed E-state index contributed by atoms with van der Waals surface area (Å²) in [6.07, 6.45) is 5.18. The molecule has 1 radical (unpaired) electrons. The van der Waals surface area contributed by atoms with Gasteiger partial charge in [0.05, 0.1) is 0 Å². The van der Waals surface area contributed by atoms with E-state index in [0.29, 0.717) is 0 Å². The lowest BCUT2D eigenvalue weighted by molar-refractivity contribution is 0.391. The first-order chi connectivity index (χ1) is 4.79. The van der Waals surface area contributed by atoms with Crippen molar-refractivity contribution in [1.29, 1.82) is 0 Å². The SMILES string of the molecule is CC(C)[CH]C1CCNCC1. The predicted molar refractivity (Wildman–Crippen MR) is 44.7 cm³/mol. The van der Waals surface area contributed by atoms with Gasteiger partial charge in [-0.25, -0.2) is 0 Å². The van der Waals surface area contributed by atoms with Crippen molar-refractivity contribution in [2.75, 3.05) is 13.1 Å². The maximum absolute atomic E-state index is 3.37. The van der Waals surface area contributed by atoms with Gasteiger partial charge in [-0.2, -0.15) is 0 Å². The minimum absolute atomic E-state index is 0.767. The lowest BCUT2D eigenvalue weighted by Crippen LogP contribution is -2.28. The minimum Gasteiger partial charge on any atom is -0.317 e. The number of hydrogen-bond acceptors (Lipinski definition) is 1. The van der Waals surface area contributed by atoms with Gasteiger partial charge in [0.15, 0.2) is 0 Å². The molecule has 1 heterocycles. The van der Waals surface area contributed by atoms with Gasteiger partial charge in [-0.1, -0.05) is 13.8 Å². The molecule has 0 aromatic heterocycles. The van der Waals surface area contributed by atoms with Crippen LogP contribution in [0.25, 0.3) is 0 Å². The molecule has 1 rings (SSSR count). The molecule has 0 amide bonds. The van der Waals surface area contributed by atoms with Gasteiger partial charge < -0.3 is 5.32 Å². The molecule has 0 aromatic carbocycles. The Morgan fingerprint density at radius 2 is 1.90 bits per heavy atom. The average Bonchev–Trinajstić information content (AvgIpc) is 1.88. The Morgan fingerprint density at radius 3 is 2.40 bits per heavy atom. The van der Waals surface area contributed by atoms with E-state index >= 15 is 0 Å². The standard InChI is InChI=1S/C9H18N/c1-8(2)7-9-3-5-10-6-4-9/h7-10H,3-6H2,1-2H3. The monoisotopic (exact) mass is 140 g/mol. The van der Waals surface area contributed by atoms with Gasteiger partial charge in [0.1, 0.15) is 0 Å². The molecule has 0 unspecified atom stereocenters. The van der Waals surface area contributed by atoms with Gasteiger partial charge >= 0.3 is 0 Å². The zero-order valence-electron chi connectivity index (χ0n) is 7.06. The molecule has 1 aliphatic rings. The fourth-order valence-corrected chi connectivity index (χ4v) is 1.58. The normalized spacial score (nSPS) is 21.9. The smallest absolute Gasteiger partial charge is 0.00462 e. The summed E-state index contributed by atoms with van der Waals surface area (Å²) in [5.74, 6) is 1.66. The molecule has 10 heavy (non-hydrogen) atoms. The largest absolute Gasteiger partial charge is 0.317 e. The van der Waals surface area contributed by atoms with E-state index in [9.17, 15) is 0 Å². The molecule has 0 bridgehead atoms. The fraction of sp³-hybridized carbons (Fsp3) is 0.889. The molecule has 1 fully saturated rings. The van der Waals surface area contributed by atoms with Gasteiger partial charge in [0.25, 0.3) is 0 Å². The lowest BCUT2D eigenvalue weighted by atomic mass is 9.89. The molecule has 0 aromatic rings. The van der Waals surface area contributed by atoms with E-state index in [1.54, 1.807) is 0 Å². The Hall–Kier alpha value is -0.0400. The van der Waals surface area contributed by atoms with E-state index in [2.05, 4.69) is 25.6 Å². The van der Waals surface area contributed by atoms with E-state index in [1.807, 2.05) is 0 Å². The minimum atomic E-state index is 0.767. The van der Waals surface area contributed by atoms with Crippen LogP contribution < -0.4 is 5.32 Å². The van der Waals surface area contributed by atoms with Crippen LogP contribution in [-0.2, 0) is 0 Å². The van der Waals surface area contributed by atoms with Crippen LogP contribution in [0.2, 0.25) is 0 Å². The Kier molecular flexibility index (Phi) is 3.20. The summed E-state index contributed by atoms with van der Waals surface area (Å²) in [6, 6.07) is 0. The van der Waals surface area contributed by atoms with Gasteiger partial charge in [0, 0.05) is 0 Å². The molecule has 1 aliphatic heterocycles. The third-order valence-corrected chi connectivity index (χ3v) is 2.04. The van der Waals surface area contributed by atoms with Gasteiger partial charge in [-0.3, -0.25) is 0 Å². The van der Waals surface area contributed by atoms with Crippen molar-refractivity contribution in [1.82, 2.24) is 5.32 Å². The summed E-state index contributed by atoms with van der Waals surface area (Å²) in [6.45, 7) is 6.96. The highest BCUT2D eigenvalue weighted by Gasteiger charge is 2.13. The Morgan fingerprint density at radius 1 is 1.30 bits per heavy atom. The van der Waals surface area contributed by atoms with Gasteiger partial charge in [-0.15, -0.1) is 0 Å². The molecular weight excluding hydrogens is 122 g/mol. The second-order valence-electron chi connectivity index (χ2n) is 3.52. The molecule has 0 aliphatic carbocycles. The summed E-state index contributed by atoms with van der Waals surface area (Å²) in [5, 5.41) is 3.37. The first-order valence-corrected chi connectivity index (χ1v) is 4.34. The molecule has 0 spiro atoms. The van der Waals surface area contributed by atoms with E-state index < -0.39 is 0 Å². The maximum atomic E-state index is 3.37. The van der Waals surface area contributed by atoms with Crippen LogP contribution in [0.15, 0.2) is 0 Å². The zero-order chi connectivity index (χ0) is 7.40. The van der Waals surface area contributed by atoms with E-state index in [0.717, 1.165) is 11.8 Å². The van der Waals surface area contributed by atoms with Crippen molar-refractivity contribution in [2.24, 2.45) is 11.8 Å². The van der Waals surface area contributed by atoms with Crippen molar-refractivity contribution in [2.45, 2.75) is 26.7 Å². The van der Waals surface area contributed by atoms with Crippen molar-refractivity contribution < 1.29 is 0 Å². The second-order valence-corrected chi connectivity index (χ2v) is 3.52. The fourth-order valence-electron chi connectivity index (χ4n) is 1.58. The van der Waals surface area contributed by atoms with Crippen LogP contribution in [-0.4, -0.2) is 13.1 Å². The van der Waals surface area contributed by atoms with Crippen LogP contribution >= 0.6 is 0 Å². The first kappa shape index (κ1) is 8.06. The summed E-state index contributed by atoms with van der Waals surface area (Å²) < 4.78 is 0. The quantitative estimate of drug-likeness (QED) is 0.617. The molecule has 59 valence electrons. The molecule has 1 nitrogen and oxygen atoms in total. The van der Waals surface area contributed by atoms with Gasteiger partial charge in [0.2, 0.25) is 0 Å². The van der Waals surface area contributed by atoms with Crippen LogP contribution in [0.4, 0.5) is 0 Å². The molecule has 0 saturated carbocycles. The Balaban J connectivity index is 2.13. The summed E-state index contributed by atoms with van der Waals surface area (Å²) in [5.41, 5.74) is 0. The van der Waals surface area contributed by atoms with Crippen molar-refractivity contribution in [3.63, 3.8) is 0 Å². The first-order valence-electron chi connectivity index (χ1n) is 4.34. The number of piperidine rings is 1. The van der Waals surface area contributed by atoms with E-state index in [1.165, 1.54) is 25.9 Å². The third-order valence-electron chi connectivity index (χ3n) is 2.04. The van der Waals surface area contributed by atoms with E-state index in [-0.39, 0.29) is 0 Å². The topological polar surface area (TPSA) is 12.0 Å². The number of rotatable bonds is 2. The molecule has 1 saturated heterocycles.